The molecule has 134 valence electrons. The molecular formula is C21H19Cl2FN2. The Morgan fingerprint density at radius 3 is 2.54 bits per heavy atom. The first-order chi connectivity index (χ1) is 12.6. The van der Waals surface area contributed by atoms with E-state index in [1.54, 1.807) is 0 Å². The summed E-state index contributed by atoms with van der Waals surface area (Å²) in [6.45, 7) is 2.68. The van der Waals surface area contributed by atoms with Crippen LogP contribution >= 0.6 is 23.2 Å². The second kappa shape index (κ2) is 7.43. The third kappa shape index (κ3) is 3.52. The largest absolute Gasteiger partial charge is 0.350 e. The molecule has 0 N–H and O–H groups in total. The highest BCUT2D eigenvalue weighted by Crippen LogP contribution is 2.35. The molecule has 5 heteroatoms. The first-order valence-electron chi connectivity index (χ1n) is 8.70. The van der Waals surface area contributed by atoms with E-state index in [0.717, 1.165) is 37.2 Å². The molecular weight excluding hydrogens is 370 g/mol. The maximum Gasteiger partial charge on any atom is 0.123 e. The lowest BCUT2D eigenvalue weighted by molar-refractivity contribution is 0.220. The van der Waals surface area contributed by atoms with E-state index in [-0.39, 0.29) is 11.9 Å². The molecule has 2 aromatic carbocycles. The number of halogens is 3. The van der Waals surface area contributed by atoms with Gasteiger partial charge in [0.15, 0.2) is 0 Å². The van der Waals surface area contributed by atoms with Gasteiger partial charge in [-0.05, 0) is 53.9 Å². The number of hydrogen-bond donors (Lipinski definition) is 0. The first-order valence-corrected chi connectivity index (χ1v) is 9.46. The maximum atomic E-state index is 13.3. The average molecular weight is 389 g/mol. The molecule has 0 bridgehead atoms. The van der Waals surface area contributed by atoms with Gasteiger partial charge in [0.1, 0.15) is 5.82 Å². The lowest BCUT2D eigenvalue weighted by Gasteiger charge is -2.31. The van der Waals surface area contributed by atoms with Gasteiger partial charge in [-0.2, -0.15) is 0 Å². The van der Waals surface area contributed by atoms with Crippen LogP contribution in [0.2, 0.25) is 10.0 Å². The fourth-order valence-electron chi connectivity index (χ4n) is 3.70. The molecule has 0 fully saturated rings. The zero-order chi connectivity index (χ0) is 18.1. The maximum absolute atomic E-state index is 13.3. The van der Waals surface area contributed by atoms with Gasteiger partial charge in [0, 0.05) is 31.5 Å². The standard InChI is InChI=1S/C21H19Cl2FN2/c22-18-9-6-16(13-19(18)23)21-20-3-1-10-25(20)11-2-12-26(21)14-15-4-7-17(24)8-5-15/h1,3-10,13,21H,2,11-12,14H2/t21-/m0/s1. The monoisotopic (exact) mass is 388 g/mol. The predicted octanol–water partition coefficient (Wildman–Crippen LogP) is 5.93. The molecule has 0 aliphatic carbocycles. The van der Waals surface area contributed by atoms with Crippen LogP contribution in [0.1, 0.15) is 29.3 Å². The molecule has 1 aliphatic heterocycles. The van der Waals surface area contributed by atoms with Crippen molar-refractivity contribution in [2.45, 2.75) is 25.6 Å². The minimum atomic E-state index is -0.209. The van der Waals surface area contributed by atoms with Crippen molar-refractivity contribution < 1.29 is 4.39 Å². The van der Waals surface area contributed by atoms with Gasteiger partial charge in [0.2, 0.25) is 0 Å². The molecule has 0 saturated carbocycles. The molecule has 1 aliphatic rings. The zero-order valence-corrected chi connectivity index (χ0v) is 15.7. The second-order valence-electron chi connectivity index (χ2n) is 6.65. The van der Waals surface area contributed by atoms with Gasteiger partial charge in [-0.15, -0.1) is 0 Å². The van der Waals surface area contributed by atoms with E-state index in [0.29, 0.717) is 10.0 Å². The minimum Gasteiger partial charge on any atom is -0.350 e. The van der Waals surface area contributed by atoms with E-state index in [2.05, 4.69) is 27.8 Å². The van der Waals surface area contributed by atoms with Crippen molar-refractivity contribution in [3.8, 4) is 0 Å². The van der Waals surface area contributed by atoms with E-state index in [1.807, 2.05) is 30.3 Å². The molecule has 4 rings (SSSR count). The molecule has 1 atom stereocenters. The van der Waals surface area contributed by atoms with E-state index in [1.165, 1.54) is 17.8 Å². The Morgan fingerprint density at radius 1 is 0.962 bits per heavy atom. The van der Waals surface area contributed by atoms with E-state index in [4.69, 9.17) is 23.2 Å². The Kier molecular flexibility index (Phi) is 5.03. The second-order valence-corrected chi connectivity index (χ2v) is 7.47. The van der Waals surface area contributed by atoms with Gasteiger partial charge in [-0.25, -0.2) is 4.39 Å². The fourth-order valence-corrected chi connectivity index (χ4v) is 4.00. The van der Waals surface area contributed by atoms with Gasteiger partial charge in [0.25, 0.3) is 0 Å². The summed E-state index contributed by atoms with van der Waals surface area (Å²) in [5, 5.41) is 1.12. The molecule has 0 unspecified atom stereocenters. The number of rotatable bonds is 3. The molecule has 0 saturated heterocycles. The van der Waals surface area contributed by atoms with Gasteiger partial charge in [0.05, 0.1) is 16.1 Å². The van der Waals surface area contributed by atoms with Crippen molar-refractivity contribution in [1.82, 2.24) is 9.47 Å². The predicted molar refractivity (Wildman–Crippen MR) is 104 cm³/mol. The van der Waals surface area contributed by atoms with Gasteiger partial charge >= 0.3 is 0 Å². The fraction of sp³-hybridized carbons (Fsp3) is 0.238. The molecule has 2 heterocycles. The van der Waals surface area contributed by atoms with Crippen LogP contribution in [0.25, 0.3) is 0 Å². The Morgan fingerprint density at radius 2 is 1.77 bits per heavy atom. The Labute approximate surface area is 162 Å². The SMILES string of the molecule is Fc1ccc(CN2CCCn3cccc3[C@@H]2c2ccc(Cl)c(Cl)c2)cc1. The number of aryl methyl sites for hydroxylation is 1. The summed E-state index contributed by atoms with van der Waals surface area (Å²) < 4.78 is 15.6. The summed E-state index contributed by atoms with van der Waals surface area (Å²) in [6, 6.07) is 16.9. The average Bonchev–Trinajstić information content (AvgIpc) is 3.01. The van der Waals surface area contributed by atoms with Gasteiger partial charge in [-0.3, -0.25) is 4.90 Å². The third-order valence-corrected chi connectivity index (χ3v) is 5.65. The number of fused-ring (bicyclic) bond motifs is 1. The summed E-state index contributed by atoms with van der Waals surface area (Å²) >= 11 is 12.4. The minimum absolute atomic E-state index is 0.0762. The van der Waals surface area contributed by atoms with Crippen LogP contribution < -0.4 is 0 Å². The van der Waals surface area contributed by atoms with Crippen molar-refractivity contribution in [3.05, 3.63) is 93.5 Å². The summed E-state index contributed by atoms with van der Waals surface area (Å²) in [7, 11) is 0. The Hall–Kier alpha value is -1.81. The quantitative estimate of drug-likeness (QED) is 0.539. The number of benzene rings is 2. The van der Waals surface area contributed by atoms with E-state index < -0.39 is 0 Å². The summed E-state index contributed by atoms with van der Waals surface area (Å²) in [5.41, 5.74) is 3.45. The van der Waals surface area contributed by atoms with Gasteiger partial charge in [-0.1, -0.05) is 41.4 Å². The highest BCUT2D eigenvalue weighted by atomic mass is 35.5. The van der Waals surface area contributed by atoms with E-state index >= 15 is 0 Å². The van der Waals surface area contributed by atoms with Crippen LogP contribution in [0.5, 0.6) is 0 Å². The number of aromatic nitrogens is 1. The molecule has 1 aromatic heterocycles. The van der Waals surface area contributed by atoms with Crippen LogP contribution in [0.3, 0.4) is 0 Å². The summed E-state index contributed by atoms with van der Waals surface area (Å²) in [5.74, 6) is -0.209. The number of nitrogens with zero attached hydrogens (tertiary/aromatic N) is 2. The summed E-state index contributed by atoms with van der Waals surface area (Å²) in [4.78, 5) is 2.42. The van der Waals surface area contributed by atoms with Crippen LogP contribution in [-0.2, 0) is 13.1 Å². The van der Waals surface area contributed by atoms with Crippen LogP contribution in [0.15, 0.2) is 60.8 Å². The topological polar surface area (TPSA) is 8.17 Å². The smallest absolute Gasteiger partial charge is 0.123 e. The lowest BCUT2D eigenvalue weighted by atomic mass is 10.0. The zero-order valence-electron chi connectivity index (χ0n) is 14.2. The third-order valence-electron chi connectivity index (χ3n) is 4.91. The van der Waals surface area contributed by atoms with Crippen molar-refractivity contribution in [3.63, 3.8) is 0 Å². The van der Waals surface area contributed by atoms with Crippen molar-refractivity contribution in [2.24, 2.45) is 0 Å². The Bertz CT molecular complexity index is 905. The van der Waals surface area contributed by atoms with Crippen LogP contribution in [-0.4, -0.2) is 16.0 Å². The molecule has 3 aromatic rings. The molecule has 0 radical (unpaired) electrons. The van der Waals surface area contributed by atoms with Crippen molar-refractivity contribution in [2.75, 3.05) is 6.54 Å². The van der Waals surface area contributed by atoms with Crippen LogP contribution in [0, 0.1) is 5.82 Å². The normalized spacial score (nSPS) is 17.7. The molecule has 0 spiro atoms. The van der Waals surface area contributed by atoms with Crippen molar-refractivity contribution >= 4 is 23.2 Å². The Balaban J connectivity index is 1.75. The van der Waals surface area contributed by atoms with Crippen molar-refractivity contribution in [1.29, 1.82) is 0 Å². The molecule has 0 amide bonds. The summed E-state index contributed by atoms with van der Waals surface area (Å²) in [6.07, 6.45) is 3.18. The van der Waals surface area contributed by atoms with Gasteiger partial charge < -0.3 is 4.57 Å². The highest BCUT2D eigenvalue weighted by molar-refractivity contribution is 6.42. The molecule has 26 heavy (non-hydrogen) atoms. The van der Waals surface area contributed by atoms with E-state index in [9.17, 15) is 4.39 Å². The highest BCUT2D eigenvalue weighted by Gasteiger charge is 2.27. The first kappa shape index (κ1) is 17.6. The molecule has 2 nitrogen and oxygen atoms in total. The number of hydrogen-bond acceptors (Lipinski definition) is 1. The lowest BCUT2D eigenvalue weighted by Crippen LogP contribution is -2.29. The van der Waals surface area contributed by atoms with Crippen LogP contribution in [0.4, 0.5) is 4.39 Å².